The van der Waals surface area contributed by atoms with Gasteiger partial charge < -0.3 is 9.30 Å². The fraction of sp³-hybridized carbons (Fsp3) is 0.308. The molecule has 0 bridgehead atoms. The van der Waals surface area contributed by atoms with Gasteiger partial charge in [-0.1, -0.05) is 42.1 Å². The zero-order valence-electron chi connectivity index (χ0n) is 19.9. The molecule has 4 aromatic rings. The van der Waals surface area contributed by atoms with Crippen molar-refractivity contribution in [3.8, 4) is 11.4 Å². The number of aromatic nitrogens is 5. The second-order valence-corrected chi connectivity index (χ2v) is 9.23. The van der Waals surface area contributed by atoms with Gasteiger partial charge in [0.2, 0.25) is 0 Å². The third-order valence-electron chi connectivity index (χ3n) is 5.80. The molecule has 0 saturated heterocycles. The number of thioether (sulfide) groups is 1. The molecule has 0 unspecified atom stereocenters. The van der Waals surface area contributed by atoms with Gasteiger partial charge in [-0.2, -0.15) is 0 Å². The average Bonchev–Trinajstić information content (AvgIpc) is 3.38. The summed E-state index contributed by atoms with van der Waals surface area (Å²) in [5.74, 6) is 1.12. The first-order chi connectivity index (χ1) is 16.5. The van der Waals surface area contributed by atoms with Gasteiger partial charge in [0, 0.05) is 42.0 Å². The maximum absolute atomic E-state index is 13.2. The van der Waals surface area contributed by atoms with Gasteiger partial charge in [-0.15, -0.1) is 10.2 Å². The first-order valence-electron chi connectivity index (χ1n) is 11.2. The number of pyridine rings is 1. The monoisotopic (exact) mass is 475 g/mol. The zero-order chi connectivity index (χ0) is 24.1. The summed E-state index contributed by atoms with van der Waals surface area (Å²) in [4.78, 5) is 17.3. The Balaban J connectivity index is 1.58. The number of benzene rings is 1. The lowest BCUT2D eigenvalue weighted by atomic mass is 10.2. The van der Waals surface area contributed by atoms with Gasteiger partial charge >= 0.3 is 0 Å². The molecule has 0 aliphatic heterocycles. The Hall–Kier alpha value is -3.23. The van der Waals surface area contributed by atoms with E-state index in [2.05, 4.69) is 43.4 Å². The quantitative estimate of drug-likeness (QED) is 0.238. The minimum absolute atomic E-state index is 0.0775. The van der Waals surface area contributed by atoms with Crippen molar-refractivity contribution in [2.75, 3.05) is 19.5 Å². The van der Waals surface area contributed by atoms with Crippen molar-refractivity contribution in [3.63, 3.8) is 0 Å². The topological polar surface area (TPSA) is 74.8 Å². The molecule has 1 aromatic carbocycles. The lowest BCUT2D eigenvalue weighted by molar-refractivity contribution is 0.102. The van der Waals surface area contributed by atoms with Crippen LogP contribution in [0.5, 0.6) is 0 Å². The third-order valence-corrected chi connectivity index (χ3v) is 6.77. The third kappa shape index (κ3) is 5.13. The molecule has 0 radical (unpaired) electrons. The van der Waals surface area contributed by atoms with Gasteiger partial charge in [0.1, 0.15) is 0 Å². The van der Waals surface area contributed by atoms with Gasteiger partial charge in [-0.25, -0.2) is 0 Å². The van der Waals surface area contributed by atoms with Gasteiger partial charge in [-0.3, -0.25) is 14.3 Å². The first-order valence-corrected chi connectivity index (χ1v) is 12.2. The van der Waals surface area contributed by atoms with E-state index in [1.807, 2.05) is 50.2 Å². The van der Waals surface area contributed by atoms with Crippen LogP contribution in [-0.4, -0.2) is 49.6 Å². The lowest BCUT2D eigenvalue weighted by Gasteiger charge is -2.17. The summed E-state index contributed by atoms with van der Waals surface area (Å²) >= 11 is 1.42. The number of ketones is 1. The van der Waals surface area contributed by atoms with Crippen molar-refractivity contribution in [2.24, 2.45) is 0 Å². The number of ether oxygens (including phenoxy) is 1. The second-order valence-electron chi connectivity index (χ2n) is 8.28. The molecule has 176 valence electrons. The van der Waals surface area contributed by atoms with Crippen molar-refractivity contribution in [2.45, 2.75) is 38.5 Å². The number of hydrogen-bond donors (Lipinski definition) is 0. The van der Waals surface area contributed by atoms with Crippen LogP contribution < -0.4 is 0 Å². The van der Waals surface area contributed by atoms with Crippen LogP contribution in [-0.2, 0) is 11.3 Å². The van der Waals surface area contributed by atoms with Crippen molar-refractivity contribution >= 4 is 17.5 Å². The highest BCUT2D eigenvalue weighted by Crippen LogP contribution is 2.27. The van der Waals surface area contributed by atoms with Gasteiger partial charge in [-0.05, 0) is 44.5 Å². The summed E-state index contributed by atoms with van der Waals surface area (Å²) < 4.78 is 9.54. The Kier molecular flexibility index (Phi) is 7.59. The van der Waals surface area contributed by atoms with Crippen LogP contribution in [0.15, 0.2) is 66.1 Å². The summed E-state index contributed by atoms with van der Waals surface area (Å²) in [6.45, 7) is 7.33. The predicted octanol–water partition coefficient (Wildman–Crippen LogP) is 4.99. The van der Waals surface area contributed by atoms with Gasteiger partial charge in [0.25, 0.3) is 0 Å². The van der Waals surface area contributed by atoms with E-state index >= 15 is 0 Å². The number of carbonyl (C=O) groups is 1. The number of Topliss-reactive ketones (excluding diaryl/α,β-unsaturated/α-hetero) is 1. The summed E-state index contributed by atoms with van der Waals surface area (Å²) in [7, 11) is 1.69. The number of nitrogens with zero attached hydrogens (tertiary/aromatic N) is 5. The highest BCUT2D eigenvalue weighted by molar-refractivity contribution is 7.99. The molecule has 3 heterocycles. The summed E-state index contributed by atoms with van der Waals surface area (Å²) in [6.07, 6.45) is 3.49. The SMILES string of the molecule is COC[C@H](C)n1c(C)cc(C(=O)CSc2nnc(-c3ccncc3)n2Cc2ccccc2)c1C. The largest absolute Gasteiger partial charge is 0.383 e. The summed E-state index contributed by atoms with van der Waals surface area (Å²) in [6, 6.07) is 16.2. The zero-order valence-corrected chi connectivity index (χ0v) is 20.7. The molecule has 0 aliphatic carbocycles. The molecule has 0 saturated carbocycles. The van der Waals surface area contributed by atoms with Crippen LogP contribution in [0, 0.1) is 13.8 Å². The number of carbonyl (C=O) groups excluding carboxylic acids is 1. The normalized spacial score (nSPS) is 12.1. The molecule has 0 amide bonds. The number of rotatable bonds is 10. The smallest absolute Gasteiger partial charge is 0.192 e. The first kappa shape index (κ1) is 23.9. The number of hydrogen-bond acceptors (Lipinski definition) is 6. The predicted molar refractivity (Wildman–Crippen MR) is 134 cm³/mol. The van der Waals surface area contributed by atoms with Crippen molar-refractivity contribution in [3.05, 3.63) is 83.4 Å². The Morgan fingerprint density at radius 3 is 2.53 bits per heavy atom. The van der Waals surface area contributed by atoms with E-state index in [0.717, 1.165) is 33.9 Å². The number of methoxy groups -OCH3 is 1. The molecule has 4 rings (SSSR count). The Labute approximate surface area is 204 Å². The minimum Gasteiger partial charge on any atom is -0.383 e. The van der Waals surface area contributed by atoms with Crippen molar-refractivity contribution < 1.29 is 9.53 Å². The maximum atomic E-state index is 13.2. The molecule has 0 spiro atoms. The van der Waals surface area contributed by atoms with E-state index in [1.54, 1.807) is 19.5 Å². The maximum Gasteiger partial charge on any atom is 0.192 e. The molecular weight excluding hydrogens is 446 g/mol. The summed E-state index contributed by atoms with van der Waals surface area (Å²) in [5, 5.41) is 9.59. The van der Waals surface area contributed by atoms with Crippen LogP contribution in [0.3, 0.4) is 0 Å². The van der Waals surface area contributed by atoms with Crippen LogP contribution in [0.25, 0.3) is 11.4 Å². The molecule has 7 nitrogen and oxygen atoms in total. The molecule has 0 aliphatic rings. The van der Waals surface area contributed by atoms with E-state index in [-0.39, 0.29) is 17.6 Å². The Bertz CT molecular complexity index is 1250. The van der Waals surface area contributed by atoms with Crippen LogP contribution >= 0.6 is 11.8 Å². The van der Waals surface area contributed by atoms with Crippen LogP contribution in [0.1, 0.15) is 40.3 Å². The van der Waals surface area contributed by atoms with Crippen LogP contribution in [0.4, 0.5) is 0 Å². The molecule has 3 aromatic heterocycles. The molecular formula is C26H29N5O2S. The van der Waals surface area contributed by atoms with E-state index in [9.17, 15) is 4.79 Å². The van der Waals surface area contributed by atoms with Gasteiger partial charge in [0.05, 0.1) is 24.9 Å². The molecule has 0 fully saturated rings. The lowest BCUT2D eigenvalue weighted by Crippen LogP contribution is -2.15. The Morgan fingerprint density at radius 2 is 1.82 bits per heavy atom. The molecule has 1 atom stereocenters. The standard InChI is InChI=1S/C26H29N5O2S/c1-18-14-23(20(3)31(18)19(2)16-33-4)24(32)17-34-26-29-28-25(22-10-12-27-13-11-22)30(26)15-21-8-6-5-7-9-21/h5-14,19H,15-17H2,1-4H3/t19-/m0/s1. The highest BCUT2D eigenvalue weighted by Gasteiger charge is 2.21. The fourth-order valence-corrected chi connectivity index (χ4v) is 5.10. The van der Waals surface area contributed by atoms with Gasteiger partial charge in [0.15, 0.2) is 16.8 Å². The summed E-state index contributed by atoms with van der Waals surface area (Å²) in [5.41, 5.74) is 4.85. The van der Waals surface area contributed by atoms with E-state index in [4.69, 9.17) is 4.74 Å². The average molecular weight is 476 g/mol. The number of aryl methyl sites for hydroxylation is 1. The fourth-order valence-electron chi connectivity index (χ4n) is 4.28. The van der Waals surface area contributed by atoms with Crippen LogP contribution in [0.2, 0.25) is 0 Å². The van der Waals surface area contributed by atoms with E-state index < -0.39 is 0 Å². The highest BCUT2D eigenvalue weighted by atomic mass is 32.2. The second kappa shape index (κ2) is 10.8. The minimum atomic E-state index is 0.0775. The van der Waals surface area contributed by atoms with E-state index in [0.29, 0.717) is 18.3 Å². The Morgan fingerprint density at radius 1 is 1.09 bits per heavy atom. The van der Waals surface area contributed by atoms with Crippen molar-refractivity contribution in [1.82, 2.24) is 24.3 Å². The molecule has 0 N–H and O–H groups in total. The van der Waals surface area contributed by atoms with Crippen molar-refractivity contribution in [1.29, 1.82) is 0 Å². The van der Waals surface area contributed by atoms with E-state index in [1.165, 1.54) is 11.8 Å². The molecule has 8 heteroatoms. The molecule has 34 heavy (non-hydrogen) atoms.